The minimum atomic E-state index is -0.442. The molecule has 0 aliphatic rings. The maximum atomic E-state index is 12.8. The summed E-state index contributed by atoms with van der Waals surface area (Å²) in [4.78, 5) is 4.09. The van der Waals surface area contributed by atoms with E-state index in [0.717, 1.165) is 18.5 Å². The van der Waals surface area contributed by atoms with Gasteiger partial charge in [-0.25, -0.2) is 4.39 Å². The largest absolute Gasteiger partial charge is 0.320 e. The van der Waals surface area contributed by atoms with Gasteiger partial charge in [-0.05, 0) is 24.5 Å². The van der Waals surface area contributed by atoms with Crippen LogP contribution in [0.2, 0.25) is 0 Å². The van der Waals surface area contributed by atoms with Crippen molar-refractivity contribution in [2.45, 2.75) is 39.2 Å². The Morgan fingerprint density at radius 3 is 2.53 bits per heavy atom. The number of pyridine rings is 1. The first-order valence-corrected chi connectivity index (χ1v) is 5.45. The highest BCUT2D eigenvalue weighted by Crippen LogP contribution is 2.30. The molecule has 0 aliphatic heterocycles. The van der Waals surface area contributed by atoms with E-state index in [1.54, 1.807) is 6.07 Å². The number of hydrogen-bond acceptors (Lipinski definition) is 2. The normalized spacial score (nSPS) is 17.1. The Balaban J connectivity index is 3.05. The molecule has 2 N–H and O–H groups in total. The van der Waals surface area contributed by atoms with E-state index < -0.39 is 5.54 Å². The van der Waals surface area contributed by atoms with Gasteiger partial charge in [-0.3, -0.25) is 4.98 Å². The molecule has 0 amide bonds. The van der Waals surface area contributed by atoms with Crippen molar-refractivity contribution in [2.24, 2.45) is 11.7 Å². The van der Waals surface area contributed by atoms with Gasteiger partial charge in [0.05, 0.1) is 17.4 Å². The van der Waals surface area contributed by atoms with Gasteiger partial charge in [0.2, 0.25) is 0 Å². The zero-order chi connectivity index (χ0) is 11.5. The van der Waals surface area contributed by atoms with Crippen molar-refractivity contribution in [1.29, 1.82) is 0 Å². The Hall–Kier alpha value is -0.960. The van der Waals surface area contributed by atoms with Crippen molar-refractivity contribution < 1.29 is 4.39 Å². The Morgan fingerprint density at radius 1 is 1.47 bits per heavy atom. The van der Waals surface area contributed by atoms with E-state index in [1.807, 2.05) is 6.92 Å². The first kappa shape index (κ1) is 12.1. The highest BCUT2D eigenvalue weighted by atomic mass is 19.1. The Labute approximate surface area is 90.7 Å². The van der Waals surface area contributed by atoms with E-state index in [2.05, 4.69) is 18.8 Å². The van der Waals surface area contributed by atoms with Gasteiger partial charge in [0.25, 0.3) is 0 Å². The molecule has 1 aromatic heterocycles. The molecule has 1 rings (SSSR count). The van der Waals surface area contributed by atoms with Crippen LogP contribution in [-0.2, 0) is 5.54 Å². The number of halogens is 1. The number of nitrogens with zero attached hydrogens (tertiary/aromatic N) is 1. The maximum absolute atomic E-state index is 12.8. The molecule has 15 heavy (non-hydrogen) atoms. The van der Waals surface area contributed by atoms with Crippen molar-refractivity contribution in [2.75, 3.05) is 0 Å². The molecule has 3 heteroatoms. The third-order valence-electron chi connectivity index (χ3n) is 3.28. The van der Waals surface area contributed by atoms with Gasteiger partial charge in [0.1, 0.15) is 5.82 Å². The highest BCUT2D eigenvalue weighted by molar-refractivity contribution is 5.16. The summed E-state index contributed by atoms with van der Waals surface area (Å²) in [5.74, 6) is 0.0156. The van der Waals surface area contributed by atoms with Crippen LogP contribution in [0.15, 0.2) is 18.3 Å². The standard InChI is InChI=1S/C12H19FN2/c1-4-9(3)12(14,5-2)11-7-6-10(13)8-15-11/h6-9H,4-5,14H2,1-3H3. The van der Waals surface area contributed by atoms with E-state index >= 15 is 0 Å². The van der Waals surface area contributed by atoms with E-state index in [4.69, 9.17) is 5.73 Å². The first-order valence-electron chi connectivity index (χ1n) is 5.45. The molecule has 2 unspecified atom stereocenters. The summed E-state index contributed by atoms with van der Waals surface area (Å²) < 4.78 is 12.8. The minimum Gasteiger partial charge on any atom is -0.320 e. The summed E-state index contributed by atoms with van der Waals surface area (Å²) in [5, 5.41) is 0. The lowest BCUT2D eigenvalue weighted by molar-refractivity contribution is 0.269. The number of rotatable bonds is 4. The summed E-state index contributed by atoms with van der Waals surface area (Å²) in [6.45, 7) is 6.25. The lowest BCUT2D eigenvalue weighted by Gasteiger charge is -2.33. The van der Waals surface area contributed by atoms with Crippen LogP contribution in [0.25, 0.3) is 0 Å². The van der Waals surface area contributed by atoms with Crippen LogP contribution in [0, 0.1) is 11.7 Å². The van der Waals surface area contributed by atoms with Gasteiger partial charge < -0.3 is 5.73 Å². The quantitative estimate of drug-likeness (QED) is 0.830. The molecule has 0 bridgehead atoms. The highest BCUT2D eigenvalue weighted by Gasteiger charge is 2.32. The number of hydrogen-bond donors (Lipinski definition) is 1. The van der Waals surface area contributed by atoms with E-state index in [0.29, 0.717) is 5.92 Å². The molecule has 1 aromatic rings. The first-order chi connectivity index (χ1) is 7.04. The molecule has 0 saturated heterocycles. The summed E-state index contributed by atoms with van der Waals surface area (Å²) in [7, 11) is 0. The zero-order valence-corrected chi connectivity index (χ0v) is 9.63. The molecule has 0 radical (unpaired) electrons. The predicted octanol–water partition coefficient (Wildman–Crippen LogP) is 2.83. The molecule has 1 heterocycles. The average Bonchev–Trinajstić information content (AvgIpc) is 2.27. The Kier molecular flexibility index (Phi) is 3.80. The molecular weight excluding hydrogens is 191 g/mol. The molecular formula is C12H19FN2. The molecule has 0 saturated carbocycles. The average molecular weight is 210 g/mol. The fraction of sp³-hybridized carbons (Fsp3) is 0.583. The fourth-order valence-corrected chi connectivity index (χ4v) is 1.80. The van der Waals surface area contributed by atoms with E-state index in [-0.39, 0.29) is 5.82 Å². The molecule has 84 valence electrons. The van der Waals surface area contributed by atoms with Crippen molar-refractivity contribution in [3.63, 3.8) is 0 Å². The van der Waals surface area contributed by atoms with Crippen LogP contribution in [0.4, 0.5) is 4.39 Å². The second kappa shape index (κ2) is 4.71. The van der Waals surface area contributed by atoms with Crippen LogP contribution in [0.5, 0.6) is 0 Å². The topological polar surface area (TPSA) is 38.9 Å². The summed E-state index contributed by atoms with van der Waals surface area (Å²) in [5.41, 5.74) is 6.67. The molecule has 2 nitrogen and oxygen atoms in total. The lowest BCUT2D eigenvalue weighted by atomic mass is 9.79. The number of nitrogens with two attached hydrogens (primary N) is 1. The third-order valence-corrected chi connectivity index (χ3v) is 3.28. The lowest BCUT2D eigenvalue weighted by Crippen LogP contribution is -2.43. The summed E-state index contributed by atoms with van der Waals surface area (Å²) in [6.07, 6.45) is 3.03. The molecule has 2 atom stereocenters. The van der Waals surface area contributed by atoms with Crippen LogP contribution in [-0.4, -0.2) is 4.98 Å². The second-order valence-corrected chi connectivity index (χ2v) is 4.06. The van der Waals surface area contributed by atoms with Gasteiger partial charge in [-0.15, -0.1) is 0 Å². The van der Waals surface area contributed by atoms with Gasteiger partial charge in [0, 0.05) is 0 Å². The van der Waals surface area contributed by atoms with Gasteiger partial charge in [-0.1, -0.05) is 27.2 Å². The molecule has 0 aromatic carbocycles. The zero-order valence-electron chi connectivity index (χ0n) is 9.63. The van der Waals surface area contributed by atoms with Crippen LogP contribution < -0.4 is 5.73 Å². The minimum absolute atomic E-state index is 0.318. The van der Waals surface area contributed by atoms with Crippen LogP contribution in [0.1, 0.15) is 39.3 Å². The molecule has 0 fully saturated rings. The predicted molar refractivity (Wildman–Crippen MR) is 59.8 cm³/mol. The summed E-state index contributed by atoms with van der Waals surface area (Å²) >= 11 is 0. The SMILES string of the molecule is CCC(C)C(N)(CC)c1ccc(F)cn1. The Morgan fingerprint density at radius 2 is 2.13 bits per heavy atom. The third kappa shape index (κ3) is 2.34. The smallest absolute Gasteiger partial charge is 0.141 e. The van der Waals surface area contributed by atoms with Crippen molar-refractivity contribution in [3.8, 4) is 0 Å². The molecule has 0 aliphatic carbocycles. The summed E-state index contributed by atoms with van der Waals surface area (Å²) in [6, 6.07) is 3.10. The van der Waals surface area contributed by atoms with E-state index in [1.165, 1.54) is 12.3 Å². The Bertz CT molecular complexity index is 310. The van der Waals surface area contributed by atoms with Crippen LogP contribution >= 0.6 is 0 Å². The monoisotopic (exact) mass is 210 g/mol. The molecule has 0 spiro atoms. The fourth-order valence-electron chi connectivity index (χ4n) is 1.80. The van der Waals surface area contributed by atoms with Gasteiger partial charge >= 0.3 is 0 Å². The van der Waals surface area contributed by atoms with Crippen molar-refractivity contribution in [1.82, 2.24) is 4.98 Å². The second-order valence-electron chi connectivity index (χ2n) is 4.06. The van der Waals surface area contributed by atoms with Crippen LogP contribution in [0.3, 0.4) is 0 Å². The maximum Gasteiger partial charge on any atom is 0.141 e. The van der Waals surface area contributed by atoms with Crippen molar-refractivity contribution in [3.05, 3.63) is 29.8 Å². The number of aromatic nitrogens is 1. The van der Waals surface area contributed by atoms with Crippen molar-refractivity contribution >= 4 is 0 Å². The van der Waals surface area contributed by atoms with Gasteiger partial charge in [-0.2, -0.15) is 0 Å². The van der Waals surface area contributed by atoms with Gasteiger partial charge in [0.15, 0.2) is 0 Å². The van der Waals surface area contributed by atoms with E-state index in [9.17, 15) is 4.39 Å².